The number of carbonyl (C=O) groups excluding carboxylic acids is 3. The van der Waals surface area contributed by atoms with Crippen LogP contribution < -0.4 is 10.7 Å². The van der Waals surface area contributed by atoms with Crippen molar-refractivity contribution in [2.24, 2.45) is 11.8 Å². The molecule has 1 aliphatic heterocycles. The quantitative estimate of drug-likeness (QED) is 0.279. The van der Waals surface area contributed by atoms with Crippen LogP contribution in [0, 0.1) is 11.8 Å². The molecule has 0 bridgehead atoms. The van der Waals surface area contributed by atoms with Crippen molar-refractivity contribution in [2.75, 3.05) is 18.4 Å². The van der Waals surface area contributed by atoms with Crippen LogP contribution in [0.3, 0.4) is 0 Å². The zero-order valence-electron chi connectivity index (χ0n) is 17.2. The number of rotatable bonds is 8. The summed E-state index contributed by atoms with van der Waals surface area (Å²) in [6.07, 6.45) is 5.69. The Morgan fingerprint density at radius 2 is 2.03 bits per heavy atom. The van der Waals surface area contributed by atoms with Crippen molar-refractivity contribution in [3.05, 3.63) is 18.2 Å². The lowest BCUT2D eigenvalue weighted by Crippen LogP contribution is -2.51. The molecule has 2 aliphatic rings. The molecule has 11 heteroatoms. The summed E-state index contributed by atoms with van der Waals surface area (Å²) in [5.41, 5.74) is 4.89. The van der Waals surface area contributed by atoms with Gasteiger partial charge in [0.05, 0.1) is 12.5 Å². The number of anilines is 1. The minimum Gasteiger partial charge on any atom is -0.324 e. The Bertz CT molecular complexity index is 943. The van der Waals surface area contributed by atoms with E-state index in [0.29, 0.717) is 53.5 Å². The molecule has 4 N–H and O–H groups in total. The zero-order chi connectivity index (χ0) is 21.8. The second kappa shape index (κ2) is 9.40. The molecule has 1 saturated carbocycles. The number of hydroxylamine groups is 2. The standard InChI is InChI=1S/C20H27N7O4/c28-12-26(31)11-14(9-13-3-1-2-4-13)20(30)27-18(7-8-21-27)19(29)22-15-5-6-16-17(10-15)24-25-23-16/h5-6,10,12-14,18,21,31H,1-4,7-9,11H2,(H,22,29)(H,23,24,25). The summed E-state index contributed by atoms with van der Waals surface area (Å²) < 4.78 is 0. The fourth-order valence-electron chi connectivity index (χ4n) is 4.55. The first kappa shape index (κ1) is 21.2. The first-order chi connectivity index (χ1) is 15.0. The van der Waals surface area contributed by atoms with Crippen molar-refractivity contribution in [1.82, 2.24) is 30.9 Å². The van der Waals surface area contributed by atoms with Crippen molar-refractivity contribution in [2.45, 2.75) is 44.6 Å². The normalized spacial score (nSPS) is 20.2. The van der Waals surface area contributed by atoms with Gasteiger partial charge < -0.3 is 5.32 Å². The zero-order valence-corrected chi connectivity index (χ0v) is 17.2. The summed E-state index contributed by atoms with van der Waals surface area (Å²) in [6.45, 7) is 0.396. The van der Waals surface area contributed by atoms with Gasteiger partial charge in [0, 0.05) is 12.2 Å². The molecule has 166 valence electrons. The van der Waals surface area contributed by atoms with E-state index in [9.17, 15) is 19.6 Å². The highest BCUT2D eigenvalue weighted by atomic mass is 16.5. The lowest BCUT2D eigenvalue weighted by molar-refractivity contribution is -0.159. The van der Waals surface area contributed by atoms with E-state index in [1.807, 2.05) is 0 Å². The molecular formula is C20H27N7O4. The summed E-state index contributed by atoms with van der Waals surface area (Å²) in [6, 6.07) is 4.50. The first-order valence-corrected chi connectivity index (χ1v) is 10.6. The fraction of sp³-hybridized carbons (Fsp3) is 0.550. The number of nitrogens with one attached hydrogen (secondary N) is 3. The minimum absolute atomic E-state index is 0.0891. The molecule has 31 heavy (non-hydrogen) atoms. The van der Waals surface area contributed by atoms with Crippen molar-refractivity contribution >= 4 is 34.9 Å². The van der Waals surface area contributed by atoms with Gasteiger partial charge in [0.25, 0.3) is 0 Å². The van der Waals surface area contributed by atoms with E-state index < -0.39 is 12.0 Å². The molecule has 1 aromatic heterocycles. The van der Waals surface area contributed by atoms with Gasteiger partial charge in [-0.25, -0.2) is 10.5 Å². The third-order valence-electron chi connectivity index (χ3n) is 6.11. The molecule has 2 aromatic rings. The number of nitrogens with zero attached hydrogens (tertiary/aromatic N) is 4. The molecule has 4 rings (SSSR count). The van der Waals surface area contributed by atoms with Crippen LogP contribution in [0.2, 0.25) is 0 Å². The molecule has 1 aromatic carbocycles. The van der Waals surface area contributed by atoms with E-state index in [2.05, 4.69) is 26.2 Å². The number of benzene rings is 1. The number of carbonyl (C=O) groups is 3. The van der Waals surface area contributed by atoms with Crippen molar-refractivity contribution in [3.8, 4) is 0 Å². The van der Waals surface area contributed by atoms with Gasteiger partial charge >= 0.3 is 0 Å². The smallest absolute Gasteiger partial charge is 0.248 e. The van der Waals surface area contributed by atoms with Crippen LogP contribution in [0.25, 0.3) is 11.0 Å². The van der Waals surface area contributed by atoms with E-state index in [-0.39, 0.29) is 18.4 Å². The van der Waals surface area contributed by atoms with E-state index in [0.717, 1.165) is 25.7 Å². The molecule has 3 amide bonds. The fourth-order valence-corrected chi connectivity index (χ4v) is 4.55. The average Bonchev–Trinajstić information content (AvgIpc) is 3.53. The van der Waals surface area contributed by atoms with Gasteiger partial charge in [-0.3, -0.25) is 24.6 Å². The van der Waals surface area contributed by atoms with Crippen LogP contribution in [-0.4, -0.2) is 68.0 Å². The van der Waals surface area contributed by atoms with Crippen LogP contribution in [0.1, 0.15) is 38.5 Å². The minimum atomic E-state index is -0.685. The maximum Gasteiger partial charge on any atom is 0.248 e. The van der Waals surface area contributed by atoms with Crippen LogP contribution in [0.5, 0.6) is 0 Å². The summed E-state index contributed by atoms with van der Waals surface area (Å²) >= 11 is 0. The Labute approximate surface area is 179 Å². The maximum absolute atomic E-state index is 13.3. The molecule has 2 heterocycles. The van der Waals surface area contributed by atoms with Crippen molar-refractivity contribution in [3.63, 3.8) is 0 Å². The third-order valence-corrected chi connectivity index (χ3v) is 6.11. The van der Waals surface area contributed by atoms with Crippen molar-refractivity contribution < 1.29 is 19.6 Å². The van der Waals surface area contributed by atoms with E-state index in [1.54, 1.807) is 18.2 Å². The van der Waals surface area contributed by atoms with Gasteiger partial charge in [0.1, 0.15) is 17.1 Å². The Kier molecular flexibility index (Phi) is 6.42. The Hall–Kier alpha value is -3.05. The van der Waals surface area contributed by atoms with E-state index in [1.165, 1.54) is 5.01 Å². The van der Waals surface area contributed by atoms with Gasteiger partial charge in [-0.2, -0.15) is 15.4 Å². The Morgan fingerprint density at radius 3 is 2.81 bits per heavy atom. The number of hydrazine groups is 1. The topological polar surface area (TPSA) is 144 Å². The van der Waals surface area contributed by atoms with Gasteiger partial charge in [-0.1, -0.05) is 25.7 Å². The van der Waals surface area contributed by atoms with E-state index in [4.69, 9.17) is 0 Å². The van der Waals surface area contributed by atoms with Crippen LogP contribution >= 0.6 is 0 Å². The van der Waals surface area contributed by atoms with Gasteiger partial charge in [-0.05, 0) is 37.0 Å². The average molecular weight is 429 g/mol. The number of H-pyrrole nitrogens is 1. The molecule has 2 unspecified atom stereocenters. The predicted octanol–water partition coefficient (Wildman–Crippen LogP) is 1.05. The van der Waals surface area contributed by atoms with Crippen LogP contribution in [-0.2, 0) is 14.4 Å². The Balaban J connectivity index is 1.45. The number of amides is 3. The molecule has 0 spiro atoms. The van der Waals surface area contributed by atoms with Gasteiger partial charge in [-0.15, -0.1) is 0 Å². The number of hydrogen-bond acceptors (Lipinski definition) is 7. The lowest BCUT2D eigenvalue weighted by atomic mass is 9.92. The number of fused-ring (bicyclic) bond motifs is 1. The van der Waals surface area contributed by atoms with Crippen LogP contribution in [0.4, 0.5) is 5.69 Å². The number of aromatic nitrogens is 3. The molecule has 2 atom stereocenters. The van der Waals surface area contributed by atoms with Crippen LogP contribution in [0.15, 0.2) is 18.2 Å². The third kappa shape index (κ3) is 4.83. The lowest BCUT2D eigenvalue weighted by Gasteiger charge is -2.30. The van der Waals surface area contributed by atoms with Gasteiger partial charge in [0.15, 0.2) is 0 Å². The van der Waals surface area contributed by atoms with Crippen molar-refractivity contribution in [1.29, 1.82) is 0 Å². The Morgan fingerprint density at radius 1 is 1.26 bits per heavy atom. The molecule has 1 aliphatic carbocycles. The monoisotopic (exact) mass is 429 g/mol. The van der Waals surface area contributed by atoms with E-state index >= 15 is 0 Å². The maximum atomic E-state index is 13.3. The first-order valence-electron chi connectivity index (χ1n) is 10.6. The summed E-state index contributed by atoms with van der Waals surface area (Å²) in [5, 5.41) is 25.0. The number of aromatic amines is 1. The second-order valence-electron chi connectivity index (χ2n) is 8.25. The predicted molar refractivity (Wildman–Crippen MR) is 110 cm³/mol. The highest BCUT2D eigenvalue weighted by Gasteiger charge is 2.39. The SMILES string of the molecule is O=CN(O)CC(CC1CCCC1)C(=O)N1NCCC1C(=O)Nc1ccc2n[nH]nc2c1. The highest BCUT2D eigenvalue weighted by Crippen LogP contribution is 2.31. The number of hydrogen-bond donors (Lipinski definition) is 4. The second-order valence-corrected chi connectivity index (χ2v) is 8.25. The molecule has 1 saturated heterocycles. The summed E-state index contributed by atoms with van der Waals surface area (Å²) in [5.74, 6) is -0.779. The molecule has 11 nitrogen and oxygen atoms in total. The highest BCUT2D eigenvalue weighted by molar-refractivity contribution is 5.98. The largest absolute Gasteiger partial charge is 0.324 e. The molecular weight excluding hydrogens is 402 g/mol. The summed E-state index contributed by atoms with van der Waals surface area (Å²) in [4.78, 5) is 37.2. The molecule has 0 radical (unpaired) electrons. The molecule has 2 fully saturated rings. The summed E-state index contributed by atoms with van der Waals surface area (Å²) in [7, 11) is 0. The van der Waals surface area contributed by atoms with Gasteiger partial charge in [0.2, 0.25) is 18.2 Å².